The molecule has 0 aliphatic carbocycles. The summed E-state index contributed by atoms with van der Waals surface area (Å²) in [6.07, 6.45) is 2.86. The summed E-state index contributed by atoms with van der Waals surface area (Å²) in [4.78, 5) is 19.6. The van der Waals surface area contributed by atoms with Gasteiger partial charge in [0.1, 0.15) is 6.04 Å². The second-order valence-electron chi connectivity index (χ2n) is 4.47. The van der Waals surface area contributed by atoms with E-state index < -0.39 is 11.9 Å². The van der Waals surface area contributed by atoms with Gasteiger partial charge in [0.15, 0.2) is 11.6 Å². The number of halogens is 1. The molecule has 0 saturated carbocycles. The first-order valence-electron chi connectivity index (χ1n) is 6.89. The van der Waals surface area contributed by atoms with E-state index in [4.69, 9.17) is 0 Å². The van der Waals surface area contributed by atoms with Gasteiger partial charge in [0.2, 0.25) is 11.9 Å². The minimum Gasteiger partial charge on any atom is -0.356 e. The van der Waals surface area contributed by atoms with Crippen LogP contribution >= 0.6 is 0 Å². The Morgan fingerprint density at radius 2 is 2.05 bits per heavy atom. The van der Waals surface area contributed by atoms with E-state index in [2.05, 4.69) is 25.9 Å². The maximum absolute atomic E-state index is 13.6. The van der Waals surface area contributed by atoms with Crippen LogP contribution in [-0.4, -0.2) is 35.0 Å². The van der Waals surface area contributed by atoms with Gasteiger partial charge in [-0.2, -0.15) is 4.98 Å². The lowest BCUT2D eigenvalue weighted by molar-refractivity contribution is -0.121. The third-order valence-electron chi connectivity index (χ3n) is 2.57. The molecule has 7 heteroatoms. The number of hydrogen-bond acceptors (Lipinski definition) is 5. The Balaban J connectivity index is 2.67. The first kappa shape index (κ1) is 16.1. The van der Waals surface area contributed by atoms with Gasteiger partial charge >= 0.3 is 0 Å². The van der Waals surface area contributed by atoms with Crippen molar-refractivity contribution in [2.24, 2.45) is 0 Å². The average Bonchev–Trinajstić information content (AvgIpc) is 2.45. The molecule has 0 fully saturated rings. The number of nitrogens with zero attached hydrogens (tertiary/aromatic N) is 2. The zero-order valence-corrected chi connectivity index (χ0v) is 12.2. The van der Waals surface area contributed by atoms with Crippen LogP contribution in [0.5, 0.6) is 0 Å². The third kappa shape index (κ3) is 4.99. The lowest BCUT2D eigenvalue weighted by atomic mass is 10.3. The summed E-state index contributed by atoms with van der Waals surface area (Å²) in [5.74, 6) is -0.398. The number of amides is 1. The van der Waals surface area contributed by atoms with Crippen molar-refractivity contribution in [3.8, 4) is 0 Å². The van der Waals surface area contributed by atoms with Gasteiger partial charge in [-0.3, -0.25) is 4.79 Å². The molecule has 20 heavy (non-hydrogen) atoms. The molecule has 1 unspecified atom stereocenters. The van der Waals surface area contributed by atoms with Crippen LogP contribution in [0.4, 0.5) is 16.2 Å². The monoisotopic (exact) mass is 283 g/mol. The van der Waals surface area contributed by atoms with Crippen molar-refractivity contribution in [2.75, 3.05) is 23.7 Å². The van der Waals surface area contributed by atoms with Crippen molar-refractivity contribution in [2.45, 2.75) is 39.7 Å². The van der Waals surface area contributed by atoms with Crippen LogP contribution in [0.15, 0.2) is 6.20 Å². The average molecular weight is 283 g/mol. The van der Waals surface area contributed by atoms with E-state index in [1.807, 2.05) is 13.8 Å². The summed E-state index contributed by atoms with van der Waals surface area (Å²) in [5, 5.41) is 8.46. The molecule has 6 nitrogen and oxygen atoms in total. The highest BCUT2D eigenvalue weighted by Crippen LogP contribution is 2.13. The summed E-state index contributed by atoms with van der Waals surface area (Å²) in [5.41, 5.74) is 0. The molecule has 3 N–H and O–H groups in total. The second-order valence-corrected chi connectivity index (χ2v) is 4.47. The number of carbonyl (C=O) groups excluding carboxylic acids is 1. The molecule has 0 saturated heterocycles. The zero-order valence-electron chi connectivity index (χ0n) is 12.2. The number of anilines is 2. The van der Waals surface area contributed by atoms with E-state index in [0.717, 1.165) is 19.0 Å². The van der Waals surface area contributed by atoms with E-state index >= 15 is 0 Å². The second kappa shape index (κ2) is 8.29. The highest BCUT2D eigenvalue weighted by molar-refractivity contribution is 5.83. The maximum Gasteiger partial charge on any atom is 0.242 e. The van der Waals surface area contributed by atoms with Gasteiger partial charge in [-0.05, 0) is 19.8 Å². The topological polar surface area (TPSA) is 78.9 Å². The lowest BCUT2D eigenvalue weighted by Gasteiger charge is -2.15. The Labute approximate surface area is 118 Å². The van der Waals surface area contributed by atoms with Crippen LogP contribution in [-0.2, 0) is 4.79 Å². The number of carbonyl (C=O) groups is 1. The number of aromatic nitrogens is 2. The molecule has 1 rings (SSSR count). The summed E-state index contributed by atoms with van der Waals surface area (Å²) in [6, 6.07) is -0.565. The Morgan fingerprint density at radius 1 is 1.35 bits per heavy atom. The van der Waals surface area contributed by atoms with Crippen molar-refractivity contribution in [3.63, 3.8) is 0 Å². The molecule has 0 aliphatic rings. The standard InChI is InChI=1S/C13H22FN5O/c1-4-6-15-12(20)9(3)18-11-10(14)8-17-13(19-11)16-7-5-2/h8-9H,4-7H2,1-3H3,(H,15,20)(H2,16,17,18,19). The molecule has 1 aromatic rings. The molecule has 0 aliphatic heterocycles. The highest BCUT2D eigenvalue weighted by Gasteiger charge is 2.15. The summed E-state index contributed by atoms with van der Waals surface area (Å²) < 4.78 is 13.6. The van der Waals surface area contributed by atoms with Gasteiger partial charge in [0, 0.05) is 13.1 Å². The quantitative estimate of drug-likeness (QED) is 0.677. The molecule has 1 aromatic heterocycles. The molecule has 0 bridgehead atoms. The fourth-order valence-corrected chi connectivity index (χ4v) is 1.46. The fraction of sp³-hybridized carbons (Fsp3) is 0.615. The molecular weight excluding hydrogens is 261 g/mol. The van der Waals surface area contributed by atoms with Crippen LogP contribution in [0.3, 0.4) is 0 Å². The van der Waals surface area contributed by atoms with Gasteiger partial charge in [0.05, 0.1) is 6.20 Å². The molecule has 0 aromatic carbocycles. The van der Waals surface area contributed by atoms with Crippen LogP contribution in [0.1, 0.15) is 33.6 Å². The van der Waals surface area contributed by atoms with Crippen LogP contribution in [0, 0.1) is 5.82 Å². The van der Waals surface area contributed by atoms with E-state index in [1.54, 1.807) is 6.92 Å². The minimum absolute atomic E-state index is 0.0257. The largest absolute Gasteiger partial charge is 0.356 e. The van der Waals surface area contributed by atoms with Crippen LogP contribution in [0.25, 0.3) is 0 Å². The fourth-order valence-electron chi connectivity index (χ4n) is 1.46. The zero-order chi connectivity index (χ0) is 15.0. The molecule has 0 spiro atoms. The van der Waals surface area contributed by atoms with Crippen molar-refractivity contribution in [1.82, 2.24) is 15.3 Å². The number of hydrogen-bond donors (Lipinski definition) is 3. The third-order valence-corrected chi connectivity index (χ3v) is 2.57. The molecular formula is C13H22FN5O. The van der Waals surface area contributed by atoms with Crippen LogP contribution in [0.2, 0.25) is 0 Å². The van der Waals surface area contributed by atoms with Gasteiger partial charge < -0.3 is 16.0 Å². The molecule has 1 atom stereocenters. The predicted molar refractivity (Wildman–Crippen MR) is 77.2 cm³/mol. The van der Waals surface area contributed by atoms with Crippen LogP contribution < -0.4 is 16.0 Å². The Hall–Kier alpha value is -1.92. The van der Waals surface area contributed by atoms with Crippen molar-refractivity contribution >= 4 is 17.7 Å². The van der Waals surface area contributed by atoms with E-state index in [0.29, 0.717) is 19.0 Å². The first-order chi connectivity index (χ1) is 9.58. The number of rotatable bonds is 8. The Kier molecular flexibility index (Phi) is 6.69. The van der Waals surface area contributed by atoms with Crippen molar-refractivity contribution in [3.05, 3.63) is 12.0 Å². The summed E-state index contributed by atoms with van der Waals surface area (Å²) >= 11 is 0. The van der Waals surface area contributed by atoms with E-state index in [9.17, 15) is 9.18 Å². The molecule has 0 radical (unpaired) electrons. The van der Waals surface area contributed by atoms with Gasteiger partial charge in [-0.25, -0.2) is 9.37 Å². The van der Waals surface area contributed by atoms with Gasteiger partial charge in [-0.15, -0.1) is 0 Å². The van der Waals surface area contributed by atoms with Gasteiger partial charge in [-0.1, -0.05) is 13.8 Å². The first-order valence-corrected chi connectivity index (χ1v) is 6.89. The summed E-state index contributed by atoms with van der Waals surface area (Å²) in [7, 11) is 0. The smallest absolute Gasteiger partial charge is 0.242 e. The van der Waals surface area contributed by atoms with E-state index in [1.165, 1.54) is 0 Å². The van der Waals surface area contributed by atoms with Gasteiger partial charge in [0.25, 0.3) is 0 Å². The Bertz CT molecular complexity index is 441. The normalized spacial score (nSPS) is 11.8. The van der Waals surface area contributed by atoms with Crippen molar-refractivity contribution < 1.29 is 9.18 Å². The number of nitrogens with one attached hydrogen (secondary N) is 3. The highest BCUT2D eigenvalue weighted by atomic mass is 19.1. The molecule has 1 heterocycles. The summed E-state index contributed by atoms with van der Waals surface area (Å²) in [6.45, 7) is 6.94. The van der Waals surface area contributed by atoms with E-state index in [-0.39, 0.29) is 11.7 Å². The minimum atomic E-state index is -0.581. The predicted octanol–water partition coefficient (Wildman–Crippen LogP) is 1.76. The Morgan fingerprint density at radius 3 is 2.70 bits per heavy atom. The lowest BCUT2D eigenvalue weighted by Crippen LogP contribution is -2.38. The molecule has 1 amide bonds. The molecule has 112 valence electrons. The van der Waals surface area contributed by atoms with Crippen molar-refractivity contribution in [1.29, 1.82) is 0 Å². The SMILES string of the molecule is CCCNC(=O)C(C)Nc1nc(NCCC)ncc1F. The maximum atomic E-state index is 13.6.